The summed E-state index contributed by atoms with van der Waals surface area (Å²) in [7, 11) is 1.02. The van der Waals surface area contributed by atoms with Crippen LogP contribution in [0.4, 0.5) is 0 Å². The van der Waals surface area contributed by atoms with Gasteiger partial charge in [-0.2, -0.15) is 0 Å². The van der Waals surface area contributed by atoms with Gasteiger partial charge < -0.3 is 0 Å². The zero-order valence-corrected chi connectivity index (χ0v) is 7.81. The van der Waals surface area contributed by atoms with E-state index in [2.05, 4.69) is 11.5 Å². The minimum absolute atomic E-state index is 0.0957. The molecule has 0 spiro atoms. The van der Waals surface area contributed by atoms with Crippen LogP contribution in [0.3, 0.4) is 0 Å². The van der Waals surface area contributed by atoms with Crippen LogP contribution in [0.25, 0.3) is 0 Å². The predicted molar refractivity (Wildman–Crippen MR) is 41.1 cm³/mol. The van der Waals surface area contributed by atoms with E-state index in [0.717, 1.165) is 0 Å². The predicted octanol–water partition coefficient (Wildman–Crippen LogP) is 0.842. The molecule has 0 atom stereocenters. The Bertz CT molecular complexity index is 286. The van der Waals surface area contributed by atoms with Crippen molar-refractivity contribution in [3.8, 4) is 11.5 Å². The number of aliphatic hydroxyl groups excluding tert-OH is 1. The van der Waals surface area contributed by atoms with E-state index in [-0.39, 0.29) is 33.5 Å². The molecule has 0 saturated heterocycles. The molecule has 0 radical (unpaired) electrons. The molecule has 0 aliphatic heterocycles. The topological polar surface area (TPSA) is 54.4 Å². The van der Waals surface area contributed by atoms with Crippen molar-refractivity contribution >= 4 is 15.8 Å². The average Bonchev–Trinajstić information content (AvgIpc) is 1.88. The molecule has 0 rings (SSSR count). The van der Waals surface area contributed by atoms with E-state index in [0.29, 0.717) is 0 Å². The van der Waals surface area contributed by atoms with Crippen molar-refractivity contribution in [2.75, 3.05) is 20.2 Å². The number of rotatable bonds is 2. The Morgan fingerprint density at radius 1 is 1.36 bits per heavy atom. The molecule has 0 aliphatic rings. The molecule has 0 aliphatic carbocycles. The quantitative estimate of drug-likeness (QED) is 0.521. The molecule has 0 fully saturated rings. The van der Waals surface area contributed by atoms with Gasteiger partial charge in [0.05, 0.1) is 0 Å². The summed E-state index contributed by atoms with van der Waals surface area (Å²) < 4.78 is 20.1. The van der Waals surface area contributed by atoms with Crippen molar-refractivity contribution in [2.24, 2.45) is 0 Å². The van der Waals surface area contributed by atoms with Crippen LogP contribution >= 0.6 is 15.8 Å². The van der Waals surface area contributed by atoms with E-state index < -0.39 is 0 Å². The van der Waals surface area contributed by atoms with Crippen LogP contribution in [0.5, 0.6) is 0 Å². The third kappa shape index (κ3) is 4.40. The number of hydrogen-bond acceptors (Lipinski definition) is 3. The molecular formula is C5H8NO3P2+. The Kier molecular flexibility index (Phi) is 5.54. The van der Waals surface area contributed by atoms with Crippen LogP contribution in [-0.4, -0.2) is 29.8 Å². The third-order valence-corrected chi connectivity index (χ3v) is 2.12. The molecule has 0 bridgehead atoms. The van der Waals surface area contributed by atoms with E-state index in [9.17, 15) is 9.13 Å². The van der Waals surface area contributed by atoms with Gasteiger partial charge in [0.25, 0.3) is 0 Å². The van der Waals surface area contributed by atoms with Gasteiger partial charge in [-0.15, -0.1) is 0 Å². The minimum atomic E-state index is -0.286. The van der Waals surface area contributed by atoms with Crippen LogP contribution in [0.2, 0.25) is 0 Å². The van der Waals surface area contributed by atoms with Crippen LogP contribution in [0, 0.1) is 11.5 Å². The normalized spacial score (nSPS) is 14.0. The molecule has 60 valence electrons. The molecule has 0 amide bonds. The fourth-order valence-electron chi connectivity index (χ4n) is 0.503. The summed E-state index contributed by atoms with van der Waals surface area (Å²) in [4.78, 5) is 0. The van der Waals surface area contributed by atoms with Gasteiger partial charge in [0.15, 0.2) is 0 Å². The van der Waals surface area contributed by atoms with Crippen molar-refractivity contribution in [1.29, 1.82) is 0 Å². The summed E-state index contributed by atoms with van der Waals surface area (Å²) >= 11 is 0. The second-order valence-electron chi connectivity index (χ2n) is 2.02. The van der Waals surface area contributed by atoms with Gasteiger partial charge in [-0.05, 0) is 0 Å². The first kappa shape index (κ1) is 10.9. The van der Waals surface area contributed by atoms with E-state index in [1.807, 2.05) is 0 Å². The molecule has 0 heterocycles. The first-order chi connectivity index (χ1) is 5.18. The van der Waals surface area contributed by atoms with Crippen molar-refractivity contribution in [3.05, 3.63) is 0 Å². The zero-order chi connectivity index (χ0) is 8.74. The van der Waals surface area contributed by atoms with Gasteiger partial charge in [0.2, 0.25) is 0 Å². The Balaban J connectivity index is 4.70. The summed E-state index contributed by atoms with van der Waals surface area (Å²) in [5, 5.41) is 8.55. The van der Waals surface area contributed by atoms with Gasteiger partial charge in [0.1, 0.15) is 0 Å². The van der Waals surface area contributed by atoms with Gasteiger partial charge in [-0.1, -0.05) is 0 Å². The van der Waals surface area contributed by atoms with E-state index in [1.54, 1.807) is 7.05 Å². The SMILES string of the molecule is C[N+](C#P=O)(C#P=O)CCO. The molecule has 0 aromatic heterocycles. The van der Waals surface area contributed by atoms with Gasteiger partial charge in [0, 0.05) is 0 Å². The molecule has 11 heavy (non-hydrogen) atoms. The Morgan fingerprint density at radius 2 is 1.82 bits per heavy atom. The maximum atomic E-state index is 10.1. The second kappa shape index (κ2) is 5.57. The Hall–Kier alpha value is -0.0600. The summed E-state index contributed by atoms with van der Waals surface area (Å²) in [6.45, 7) is 0.173. The summed E-state index contributed by atoms with van der Waals surface area (Å²) in [6.07, 6.45) is 0. The fourth-order valence-corrected chi connectivity index (χ4v) is 1.24. The molecule has 1 N–H and O–H groups in total. The van der Waals surface area contributed by atoms with E-state index in [1.165, 1.54) is 0 Å². The molecule has 6 heteroatoms. The van der Waals surface area contributed by atoms with Crippen LogP contribution < -0.4 is 0 Å². The number of likely N-dealkylation sites (N-methyl/N-ethyl adjacent to an activating group) is 1. The first-order valence-corrected chi connectivity index (χ1v) is 4.46. The second-order valence-corrected chi connectivity index (χ2v) is 2.79. The average molecular weight is 192 g/mol. The molecule has 4 nitrogen and oxygen atoms in total. The van der Waals surface area contributed by atoms with Crippen molar-refractivity contribution in [1.82, 2.24) is 0 Å². The van der Waals surface area contributed by atoms with Gasteiger partial charge in [-0.25, -0.2) is 0 Å². The maximum absolute atomic E-state index is 10.1. The Labute approximate surface area is 67.0 Å². The summed E-state index contributed by atoms with van der Waals surface area (Å²) in [6, 6.07) is 0. The van der Waals surface area contributed by atoms with E-state index in [4.69, 9.17) is 5.11 Å². The Morgan fingerprint density at radius 3 is 2.09 bits per heavy atom. The molecule has 0 aromatic rings. The molecule has 0 aromatic carbocycles. The monoisotopic (exact) mass is 192 g/mol. The molecule has 0 saturated carbocycles. The van der Waals surface area contributed by atoms with Crippen LogP contribution in [0.15, 0.2) is 0 Å². The number of nitrogens with zero attached hydrogens (tertiary/aromatic N) is 1. The molecular weight excluding hydrogens is 184 g/mol. The standard InChI is InChI=1S/C5H8NO3P2/c1-6(2-3-7,4-10-8)5-11-9/h7H,2-3H2,1H3/q+1. The van der Waals surface area contributed by atoms with E-state index >= 15 is 0 Å². The summed E-state index contributed by atoms with van der Waals surface area (Å²) in [5.41, 5.74) is 0. The number of quaternary nitrogens is 1. The summed E-state index contributed by atoms with van der Waals surface area (Å²) in [5.74, 6) is 4.87. The van der Waals surface area contributed by atoms with Gasteiger partial charge in [-0.3, -0.25) is 0 Å². The third-order valence-electron chi connectivity index (χ3n) is 1.07. The van der Waals surface area contributed by atoms with Crippen molar-refractivity contribution in [3.63, 3.8) is 0 Å². The van der Waals surface area contributed by atoms with Gasteiger partial charge >= 0.3 is 66.3 Å². The molecule has 0 unspecified atom stereocenters. The van der Waals surface area contributed by atoms with Crippen molar-refractivity contribution in [2.45, 2.75) is 0 Å². The van der Waals surface area contributed by atoms with Crippen LogP contribution in [0.1, 0.15) is 0 Å². The number of hydrogen-bond donors (Lipinski definition) is 1. The van der Waals surface area contributed by atoms with Crippen LogP contribution in [-0.2, 0) is 9.13 Å². The van der Waals surface area contributed by atoms with Crippen molar-refractivity contribution < 1.29 is 18.7 Å². The number of aliphatic hydroxyl groups is 1. The first-order valence-electron chi connectivity index (χ1n) is 2.84. The fraction of sp³-hybridized carbons (Fsp3) is 0.600. The zero-order valence-electron chi connectivity index (χ0n) is 6.02.